The summed E-state index contributed by atoms with van der Waals surface area (Å²) in [5.74, 6) is -0.384. The van der Waals surface area contributed by atoms with Gasteiger partial charge in [0.2, 0.25) is 5.91 Å². The van der Waals surface area contributed by atoms with Crippen LogP contribution in [0, 0.1) is 6.92 Å². The summed E-state index contributed by atoms with van der Waals surface area (Å²) in [4.78, 5) is 12.0. The van der Waals surface area contributed by atoms with Crippen LogP contribution in [-0.4, -0.2) is 10.5 Å². The number of amides is 1. The Morgan fingerprint density at radius 3 is 2.54 bits per heavy atom. The van der Waals surface area contributed by atoms with Crippen molar-refractivity contribution in [1.29, 1.82) is 0 Å². The summed E-state index contributed by atoms with van der Waals surface area (Å²) in [6.45, 7) is 5.06. The average molecular weight is 342 g/mol. The maximum atomic E-state index is 12.0. The van der Waals surface area contributed by atoms with E-state index in [1.165, 1.54) is 16.7 Å². The Balaban J connectivity index is 2.07. The molecule has 1 heterocycles. The normalized spacial score (nSPS) is 11.3. The summed E-state index contributed by atoms with van der Waals surface area (Å²) < 4.78 is 2.30. The molecule has 4 aromatic rings. The molecule has 0 aliphatic rings. The SMILES string of the molecule is CCc1ccc2c3c(C(N)=O)cccc3n(Cc3ccccc3C)c2c1. The number of nitrogens with two attached hydrogens (primary N) is 1. The molecule has 2 N–H and O–H groups in total. The lowest BCUT2D eigenvalue weighted by Crippen LogP contribution is -2.11. The van der Waals surface area contributed by atoms with Crippen molar-refractivity contribution in [3.05, 3.63) is 82.9 Å². The average Bonchev–Trinajstić information content (AvgIpc) is 2.96. The number of carbonyl (C=O) groups excluding carboxylic acids is 1. The molecule has 0 aliphatic carbocycles. The van der Waals surface area contributed by atoms with E-state index in [-0.39, 0.29) is 5.91 Å². The van der Waals surface area contributed by atoms with E-state index < -0.39 is 0 Å². The van der Waals surface area contributed by atoms with Crippen molar-refractivity contribution < 1.29 is 4.79 Å². The number of fused-ring (bicyclic) bond motifs is 3. The van der Waals surface area contributed by atoms with Gasteiger partial charge in [0.05, 0.1) is 5.52 Å². The van der Waals surface area contributed by atoms with Gasteiger partial charge in [-0.1, -0.05) is 49.4 Å². The van der Waals surface area contributed by atoms with Crippen LogP contribution in [0.1, 0.15) is 34.0 Å². The summed E-state index contributed by atoms with van der Waals surface area (Å²) in [5, 5.41) is 2.03. The van der Waals surface area contributed by atoms with Crippen molar-refractivity contribution in [1.82, 2.24) is 4.57 Å². The molecule has 0 aliphatic heterocycles. The number of benzene rings is 3. The Kier molecular flexibility index (Phi) is 4.00. The number of carbonyl (C=O) groups is 1. The van der Waals surface area contributed by atoms with E-state index >= 15 is 0 Å². The second-order valence-electron chi connectivity index (χ2n) is 6.78. The zero-order valence-electron chi connectivity index (χ0n) is 15.1. The highest BCUT2D eigenvalue weighted by molar-refractivity contribution is 6.17. The summed E-state index contributed by atoms with van der Waals surface area (Å²) >= 11 is 0. The molecule has 0 bridgehead atoms. The zero-order valence-corrected chi connectivity index (χ0v) is 15.1. The van der Waals surface area contributed by atoms with Gasteiger partial charge in [-0.3, -0.25) is 4.79 Å². The predicted octanol–water partition coefficient (Wildman–Crippen LogP) is 4.81. The highest BCUT2D eigenvalue weighted by atomic mass is 16.1. The molecule has 130 valence electrons. The number of aryl methyl sites for hydroxylation is 2. The van der Waals surface area contributed by atoms with E-state index in [0.29, 0.717) is 5.56 Å². The van der Waals surface area contributed by atoms with E-state index in [1.54, 1.807) is 0 Å². The number of aromatic nitrogens is 1. The molecule has 0 saturated carbocycles. The summed E-state index contributed by atoms with van der Waals surface area (Å²) in [6, 6.07) is 20.7. The van der Waals surface area contributed by atoms with Crippen LogP contribution in [0.2, 0.25) is 0 Å². The molecule has 0 saturated heterocycles. The van der Waals surface area contributed by atoms with Gasteiger partial charge in [0.15, 0.2) is 0 Å². The van der Waals surface area contributed by atoms with Crippen molar-refractivity contribution in [3.63, 3.8) is 0 Å². The Bertz CT molecular complexity index is 1140. The largest absolute Gasteiger partial charge is 0.366 e. The Labute approximate surface area is 153 Å². The molecule has 3 heteroatoms. The minimum Gasteiger partial charge on any atom is -0.366 e. The first kappa shape index (κ1) is 16.4. The molecule has 4 rings (SSSR count). The summed E-state index contributed by atoms with van der Waals surface area (Å²) in [7, 11) is 0. The first-order valence-electron chi connectivity index (χ1n) is 8.98. The van der Waals surface area contributed by atoms with Gasteiger partial charge >= 0.3 is 0 Å². The van der Waals surface area contributed by atoms with Crippen LogP contribution in [0.25, 0.3) is 21.8 Å². The molecular weight excluding hydrogens is 320 g/mol. The third-order valence-electron chi connectivity index (χ3n) is 5.22. The van der Waals surface area contributed by atoms with E-state index in [9.17, 15) is 4.79 Å². The molecule has 0 spiro atoms. The summed E-state index contributed by atoms with van der Waals surface area (Å²) in [6.07, 6.45) is 0.977. The second kappa shape index (κ2) is 6.34. The maximum Gasteiger partial charge on any atom is 0.249 e. The van der Waals surface area contributed by atoms with Crippen LogP contribution < -0.4 is 5.73 Å². The van der Waals surface area contributed by atoms with Gasteiger partial charge in [-0.25, -0.2) is 0 Å². The monoisotopic (exact) mass is 342 g/mol. The fourth-order valence-electron chi connectivity index (χ4n) is 3.74. The van der Waals surface area contributed by atoms with E-state index in [0.717, 1.165) is 34.8 Å². The number of nitrogens with zero attached hydrogens (tertiary/aromatic N) is 1. The van der Waals surface area contributed by atoms with Gasteiger partial charge in [-0.15, -0.1) is 0 Å². The highest BCUT2D eigenvalue weighted by Crippen LogP contribution is 2.33. The molecule has 0 radical (unpaired) electrons. The first-order chi connectivity index (χ1) is 12.6. The second-order valence-corrected chi connectivity index (χ2v) is 6.78. The van der Waals surface area contributed by atoms with Crippen molar-refractivity contribution in [2.75, 3.05) is 0 Å². The molecule has 1 aromatic heterocycles. The van der Waals surface area contributed by atoms with Crippen LogP contribution >= 0.6 is 0 Å². The first-order valence-corrected chi connectivity index (χ1v) is 8.98. The molecule has 26 heavy (non-hydrogen) atoms. The quantitative estimate of drug-likeness (QED) is 0.568. The number of hydrogen-bond acceptors (Lipinski definition) is 1. The molecule has 0 fully saturated rings. The minimum absolute atomic E-state index is 0.384. The van der Waals surface area contributed by atoms with Gasteiger partial charge in [0.1, 0.15) is 0 Å². The van der Waals surface area contributed by atoms with Crippen molar-refractivity contribution in [2.45, 2.75) is 26.8 Å². The van der Waals surface area contributed by atoms with Crippen LogP contribution in [0.15, 0.2) is 60.7 Å². The van der Waals surface area contributed by atoms with E-state index in [4.69, 9.17) is 5.73 Å². The topological polar surface area (TPSA) is 48.0 Å². The van der Waals surface area contributed by atoms with Gasteiger partial charge in [0.25, 0.3) is 0 Å². The smallest absolute Gasteiger partial charge is 0.249 e. The van der Waals surface area contributed by atoms with Crippen LogP contribution in [-0.2, 0) is 13.0 Å². The fraction of sp³-hybridized carbons (Fsp3) is 0.174. The minimum atomic E-state index is -0.384. The molecule has 1 amide bonds. The van der Waals surface area contributed by atoms with Gasteiger partial charge in [0, 0.05) is 28.4 Å². The number of rotatable bonds is 4. The molecule has 3 nitrogen and oxygen atoms in total. The number of primary amides is 1. The van der Waals surface area contributed by atoms with Crippen LogP contribution in [0.5, 0.6) is 0 Å². The van der Waals surface area contributed by atoms with Crippen molar-refractivity contribution in [3.8, 4) is 0 Å². The fourth-order valence-corrected chi connectivity index (χ4v) is 3.74. The Morgan fingerprint density at radius 1 is 1.00 bits per heavy atom. The highest BCUT2D eigenvalue weighted by Gasteiger charge is 2.17. The third-order valence-corrected chi connectivity index (χ3v) is 5.22. The van der Waals surface area contributed by atoms with Crippen LogP contribution in [0.4, 0.5) is 0 Å². The van der Waals surface area contributed by atoms with E-state index in [1.807, 2.05) is 12.1 Å². The van der Waals surface area contributed by atoms with Crippen LogP contribution in [0.3, 0.4) is 0 Å². The van der Waals surface area contributed by atoms with E-state index in [2.05, 4.69) is 66.9 Å². The summed E-state index contributed by atoms with van der Waals surface area (Å²) in [5.41, 5.74) is 12.3. The van der Waals surface area contributed by atoms with Gasteiger partial charge < -0.3 is 10.3 Å². The third kappa shape index (κ3) is 2.57. The van der Waals surface area contributed by atoms with Crippen molar-refractivity contribution in [2.24, 2.45) is 5.73 Å². The molecular formula is C23H22N2O. The zero-order chi connectivity index (χ0) is 18.3. The molecule has 3 aromatic carbocycles. The predicted molar refractivity (Wildman–Crippen MR) is 108 cm³/mol. The number of hydrogen-bond donors (Lipinski definition) is 1. The van der Waals surface area contributed by atoms with Crippen molar-refractivity contribution >= 4 is 27.7 Å². The molecule has 0 unspecified atom stereocenters. The maximum absolute atomic E-state index is 12.0. The lowest BCUT2D eigenvalue weighted by atomic mass is 10.0. The lowest BCUT2D eigenvalue weighted by molar-refractivity contribution is 0.100. The standard InChI is InChI=1S/C23H22N2O/c1-3-16-11-12-18-21(13-16)25(14-17-8-5-4-7-15(17)2)20-10-6-9-19(22(18)20)23(24)26/h4-13H,3,14H2,1-2H3,(H2,24,26). The molecule has 0 atom stereocenters. The van der Waals surface area contributed by atoms with Gasteiger partial charge in [-0.05, 0) is 48.2 Å². The Hall–Kier alpha value is -3.07. The Morgan fingerprint density at radius 2 is 1.81 bits per heavy atom. The lowest BCUT2D eigenvalue weighted by Gasteiger charge is -2.11. The van der Waals surface area contributed by atoms with Gasteiger partial charge in [-0.2, -0.15) is 0 Å².